The largest absolute Gasteiger partial charge is 0.477 e. The first-order valence-corrected chi connectivity index (χ1v) is 5.22. The van der Waals surface area contributed by atoms with Crippen molar-refractivity contribution in [2.75, 3.05) is 13.2 Å². The Labute approximate surface area is 105 Å². The van der Waals surface area contributed by atoms with Gasteiger partial charge in [-0.25, -0.2) is 0 Å². The number of rotatable bonds is 4. The fraction of sp³-hybridized carbons (Fsp3) is 0.143. The number of fused-ring (bicyclic) bond motifs is 1. The average Bonchev–Trinajstić information content (AvgIpc) is 2.42. The predicted molar refractivity (Wildman–Crippen MR) is 68.2 cm³/mol. The molecule has 88 valence electrons. The SMILES string of the molecule is C#CCOc1cc2nccnc2cc1OCC#C. The quantitative estimate of drug-likeness (QED) is 0.760. The summed E-state index contributed by atoms with van der Waals surface area (Å²) in [5.41, 5.74) is 1.41. The Morgan fingerprint density at radius 1 is 0.889 bits per heavy atom. The summed E-state index contributed by atoms with van der Waals surface area (Å²) in [7, 11) is 0. The first kappa shape index (κ1) is 11.8. The van der Waals surface area contributed by atoms with Gasteiger partial charge in [-0.1, -0.05) is 11.8 Å². The molecule has 0 N–H and O–H groups in total. The van der Waals surface area contributed by atoms with Crippen molar-refractivity contribution in [2.24, 2.45) is 0 Å². The normalized spacial score (nSPS) is 9.44. The molecular formula is C14H10N2O2. The lowest BCUT2D eigenvalue weighted by Gasteiger charge is -2.10. The molecule has 2 aromatic rings. The van der Waals surface area contributed by atoms with E-state index in [4.69, 9.17) is 22.3 Å². The lowest BCUT2D eigenvalue weighted by atomic mass is 10.2. The molecule has 0 aliphatic carbocycles. The smallest absolute Gasteiger partial charge is 0.165 e. The molecule has 0 aliphatic rings. The summed E-state index contributed by atoms with van der Waals surface area (Å²) in [6.07, 6.45) is 13.5. The number of nitrogens with zero attached hydrogens (tertiary/aromatic N) is 2. The molecule has 0 aliphatic heterocycles. The molecule has 0 unspecified atom stereocenters. The zero-order chi connectivity index (χ0) is 12.8. The van der Waals surface area contributed by atoms with E-state index in [0.717, 1.165) is 0 Å². The molecule has 2 rings (SSSR count). The van der Waals surface area contributed by atoms with Gasteiger partial charge in [-0.05, 0) is 0 Å². The minimum Gasteiger partial charge on any atom is -0.477 e. The van der Waals surface area contributed by atoms with Gasteiger partial charge in [0, 0.05) is 24.5 Å². The van der Waals surface area contributed by atoms with E-state index in [2.05, 4.69) is 21.8 Å². The lowest BCUT2D eigenvalue weighted by molar-refractivity contribution is 0.315. The second kappa shape index (κ2) is 5.56. The molecule has 0 saturated heterocycles. The molecule has 0 amide bonds. The van der Waals surface area contributed by atoms with Gasteiger partial charge in [0.25, 0.3) is 0 Å². The molecule has 0 fully saturated rings. The van der Waals surface area contributed by atoms with Crippen LogP contribution in [0.3, 0.4) is 0 Å². The van der Waals surface area contributed by atoms with Crippen LogP contribution in [0.15, 0.2) is 24.5 Å². The van der Waals surface area contributed by atoms with Crippen molar-refractivity contribution < 1.29 is 9.47 Å². The Bertz CT molecular complexity index is 582. The fourth-order valence-corrected chi connectivity index (χ4v) is 1.44. The lowest BCUT2D eigenvalue weighted by Crippen LogP contribution is -2.00. The first-order chi connectivity index (χ1) is 8.85. The molecule has 1 aromatic carbocycles. The first-order valence-electron chi connectivity index (χ1n) is 5.22. The monoisotopic (exact) mass is 238 g/mol. The van der Waals surface area contributed by atoms with Crippen molar-refractivity contribution in [2.45, 2.75) is 0 Å². The Kier molecular flexibility index (Phi) is 3.63. The van der Waals surface area contributed by atoms with E-state index >= 15 is 0 Å². The van der Waals surface area contributed by atoms with Crippen molar-refractivity contribution in [3.05, 3.63) is 24.5 Å². The summed E-state index contributed by atoms with van der Waals surface area (Å²) in [4.78, 5) is 8.36. The highest BCUT2D eigenvalue weighted by Crippen LogP contribution is 2.30. The van der Waals surface area contributed by atoms with Crippen LogP contribution in [0.5, 0.6) is 11.5 Å². The van der Waals surface area contributed by atoms with E-state index in [1.54, 1.807) is 24.5 Å². The van der Waals surface area contributed by atoms with Gasteiger partial charge < -0.3 is 9.47 Å². The van der Waals surface area contributed by atoms with E-state index in [1.807, 2.05) is 0 Å². The van der Waals surface area contributed by atoms with Gasteiger partial charge in [0.2, 0.25) is 0 Å². The maximum atomic E-state index is 5.39. The van der Waals surface area contributed by atoms with Gasteiger partial charge >= 0.3 is 0 Å². The summed E-state index contributed by atoms with van der Waals surface area (Å²) >= 11 is 0. The van der Waals surface area contributed by atoms with Gasteiger partial charge in [0.05, 0.1) is 11.0 Å². The Hall–Kier alpha value is -2.72. The number of aromatic nitrogens is 2. The molecule has 1 aromatic heterocycles. The molecule has 0 bridgehead atoms. The molecule has 18 heavy (non-hydrogen) atoms. The summed E-state index contributed by atoms with van der Waals surface area (Å²) < 4.78 is 10.8. The highest BCUT2D eigenvalue weighted by atomic mass is 16.5. The zero-order valence-electron chi connectivity index (χ0n) is 9.59. The number of terminal acetylenes is 2. The highest BCUT2D eigenvalue weighted by Gasteiger charge is 2.08. The van der Waals surface area contributed by atoms with Gasteiger partial charge in [-0.3, -0.25) is 9.97 Å². The van der Waals surface area contributed by atoms with E-state index in [-0.39, 0.29) is 13.2 Å². The average molecular weight is 238 g/mol. The third-order valence-electron chi connectivity index (χ3n) is 2.16. The van der Waals surface area contributed by atoms with E-state index < -0.39 is 0 Å². The van der Waals surface area contributed by atoms with Gasteiger partial charge in [0.15, 0.2) is 11.5 Å². The van der Waals surface area contributed by atoms with Crippen LogP contribution in [0.2, 0.25) is 0 Å². The maximum absolute atomic E-state index is 5.39. The van der Waals surface area contributed by atoms with Crippen LogP contribution in [0.1, 0.15) is 0 Å². The van der Waals surface area contributed by atoms with Crippen molar-refractivity contribution in [3.8, 4) is 36.2 Å². The van der Waals surface area contributed by atoms with Crippen LogP contribution in [0.4, 0.5) is 0 Å². The third kappa shape index (κ3) is 2.50. The van der Waals surface area contributed by atoms with Crippen LogP contribution >= 0.6 is 0 Å². The van der Waals surface area contributed by atoms with Crippen LogP contribution in [-0.2, 0) is 0 Å². The minimum absolute atomic E-state index is 0.151. The minimum atomic E-state index is 0.151. The summed E-state index contributed by atoms with van der Waals surface area (Å²) in [5.74, 6) is 5.81. The number of benzene rings is 1. The molecule has 0 spiro atoms. The van der Waals surface area contributed by atoms with Crippen LogP contribution in [0.25, 0.3) is 11.0 Å². The highest BCUT2D eigenvalue weighted by molar-refractivity contribution is 5.78. The van der Waals surface area contributed by atoms with Crippen molar-refractivity contribution >= 4 is 11.0 Å². The van der Waals surface area contributed by atoms with Crippen LogP contribution in [-0.4, -0.2) is 23.2 Å². The molecule has 0 radical (unpaired) electrons. The van der Waals surface area contributed by atoms with Gasteiger partial charge in [0.1, 0.15) is 13.2 Å². The molecule has 1 heterocycles. The summed E-state index contributed by atoms with van der Waals surface area (Å²) in [6, 6.07) is 3.46. The topological polar surface area (TPSA) is 44.2 Å². The zero-order valence-corrected chi connectivity index (χ0v) is 9.59. The number of ether oxygens (including phenoxy) is 2. The van der Waals surface area contributed by atoms with Crippen LogP contribution in [0, 0.1) is 24.7 Å². The van der Waals surface area contributed by atoms with Gasteiger partial charge in [-0.2, -0.15) is 0 Å². The second-order valence-corrected chi connectivity index (χ2v) is 3.33. The molecule has 4 nitrogen and oxygen atoms in total. The Balaban J connectivity index is 2.43. The summed E-state index contributed by atoms with van der Waals surface area (Å²) in [5, 5.41) is 0. The van der Waals surface area contributed by atoms with Crippen molar-refractivity contribution in [1.29, 1.82) is 0 Å². The molecule has 4 heteroatoms. The maximum Gasteiger partial charge on any atom is 0.165 e. The van der Waals surface area contributed by atoms with E-state index in [1.165, 1.54) is 0 Å². The number of hydrogen-bond acceptors (Lipinski definition) is 4. The summed E-state index contributed by atoms with van der Waals surface area (Å²) in [6.45, 7) is 0.302. The number of hydrogen-bond donors (Lipinski definition) is 0. The Morgan fingerprint density at radius 2 is 1.33 bits per heavy atom. The van der Waals surface area contributed by atoms with Crippen molar-refractivity contribution in [1.82, 2.24) is 9.97 Å². The third-order valence-corrected chi connectivity index (χ3v) is 2.16. The molecule has 0 atom stereocenters. The fourth-order valence-electron chi connectivity index (χ4n) is 1.44. The molecule has 0 saturated carbocycles. The van der Waals surface area contributed by atoms with Crippen molar-refractivity contribution in [3.63, 3.8) is 0 Å². The Morgan fingerprint density at radius 3 is 1.72 bits per heavy atom. The van der Waals surface area contributed by atoms with E-state index in [9.17, 15) is 0 Å². The molecular weight excluding hydrogens is 228 g/mol. The second-order valence-electron chi connectivity index (χ2n) is 3.33. The standard InChI is InChI=1S/C14H10N2O2/c1-3-7-17-13-9-11-12(16-6-5-15-11)10-14(13)18-8-4-2/h1-2,5-6,9-10H,7-8H2. The van der Waals surface area contributed by atoms with E-state index in [0.29, 0.717) is 22.5 Å². The van der Waals surface area contributed by atoms with Gasteiger partial charge in [-0.15, -0.1) is 12.8 Å². The predicted octanol–water partition coefficient (Wildman–Crippen LogP) is 1.65. The van der Waals surface area contributed by atoms with Crippen LogP contribution < -0.4 is 9.47 Å².